The van der Waals surface area contributed by atoms with Crippen LogP contribution in [0.5, 0.6) is 0 Å². The van der Waals surface area contributed by atoms with Crippen LogP contribution < -0.4 is 5.32 Å². The van der Waals surface area contributed by atoms with Crippen molar-refractivity contribution in [3.8, 4) is 0 Å². The summed E-state index contributed by atoms with van der Waals surface area (Å²) in [6, 6.07) is 34.3. The summed E-state index contributed by atoms with van der Waals surface area (Å²) >= 11 is 0. The number of anilines is 2. The average molecular weight is 534 g/mol. The maximum Gasteiger partial charge on any atom is 0.0467 e. The Balaban J connectivity index is 1.48. The van der Waals surface area contributed by atoms with Crippen molar-refractivity contribution in [2.75, 3.05) is 5.32 Å². The van der Waals surface area contributed by atoms with Gasteiger partial charge in [0.05, 0.1) is 0 Å². The minimum absolute atomic E-state index is 0.121. The Morgan fingerprint density at radius 3 is 1.98 bits per heavy atom. The Bertz CT molecular complexity index is 1920. The minimum Gasteiger partial charge on any atom is -0.355 e. The fourth-order valence-corrected chi connectivity index (χ4v) is 7.86. The molecule has 1 N–H and O–H groups in total. The smallest absolute Gasteiger partial charge is 0.0467 e. The third-order valence-electron chi connectivity index (χ3n) is 9.88. The molecule has 0 radical (unpaired) electrons. The summed E-state index contributed by atoms with van der Waals surface area (Å²) in [5.74, 6) is 0. The number of allylic oxidation sites excluding steroid dienone is 2. The molecule has 1 unspecified atom stereocenters. The van der Waals surface area contributed by atoms with Gasteiger partial charge in [0.2, 0.25) is 0 Å². The van der Waals surface area contributed by atoms with Gasteiger partial charge in [-0.25, -0.2) is 0 Å². The van der Waals surface area contributed by atoms with E-state index in [-0.39, 0.29) is 10.8 Å². The van der Waals surface area contributed by atoms with Gasteiger partial charge in [0.25, 0.3) is 0 Å². The van der Waals surface area contributed by atoms with E-state index in [0.717, 1.165) is 6.42 Å². The highest BCUT2D eigenvalue weighted by atomic mass is 14.9. The van der Waals surface area contributed by atoms with Crippen molar-refractivity contribution < 1.29 is 0 Å². The van der Waals surface area contributed by atoms with Crippen molar-refractivity contribution in [2.24, 2.45) is 0 Å². The number of fused-ring (bicyclic) bond motifs is 6. The molecule has 1 nitrogen and oxygen atoms in total. The zero-order valence-electron chi connectivity index (χ0n) is 25.4. The van der Waals surface area contributed by atoms with Crippen LogP contribution in [0.15, 0.2) is 91.0 Å². The molecule has 2 aliphatic rings. The van der Waals surface area contributed by atoms with Crippen molar-refractivity contribution in [1.82, 2.24) is 0 Å². The van der Waals surface area contributed by atoms with E-state index < -0.39 is 0 Å². The van der Waals surface area contributed by atoms with Gasteiger partial charge >= 0.3 is 0 Å². The molecule has 0 fully saturated rings. The second-order valence-corrected chi connectivity index (χ2v) is 13.2. The van der Waals surface area contributed by atoms with Crippen LogP contribution >= 0.6 is 0 Å². The second kappa shape index (κ2) is 8.95. The molecule has 41 heavy (non-hydrogen) atoms. The van der Waals surface area contributed by atoms with Gasteiger partial charge in [-0.3, -0.25) is 0 Å². The largest absolute Gasteiger partial charge is 0.355 e. The van der Waals surface area contributed by atoms with E-state index in [9.17, 15) is 0 Å². The van der Waals surface area contributed by atoms with Crippen molar-refractivity contribution >= 4 is 33.3 Å². The highest BCUT2D eigenvalue weighted by Gasteiger charge is 2.52. The lowest BCUT2D eigenvalue weighted by molar-refractivity contribution is 0.618. The van der Waals surface area contributed by atoms with E-state index in [4.69, 9.17) is 0 Å². The Kier molecular flexibility index (Phi) is 5.64. The lowest BCUT2D eigenvalue weighted by atomic mass is 9.70. The Morgan fingerprint density at radius 2 is 1.24 bits per heavy atom. The predicted octanol–water partition coefficient (Wildman–Crippen LogP) is 10.5. The van der Waals surface area contributed by atoms with Crippen LogP contribution in [0.2, 0.25) is 0 Å². The number of hydrogen-bond donors (Lipinski definition) is 1. The molecule has 0 aromatic heterocycles. The average Bonchev–Trinajstić information content (AvgIpc) is 3.34. The number of rotatable bonds is 4. The van der Waals surface area contributed by atoms with Crippen molar-refractivity contribution in [3.05, 3.63) is 141 Å². The van der Waals surface area contributed by atoms with Gasteiger partial charge in [0.1, 0.15) is 0 Å². The van der Waals surface area contributed by atoms with Crippen molar-refractivity contribution in [2.45, 2.75) is 65.7 Å². The van der Waals surface area contributed by atoms with Crippen LogP contribution in [-0.4, -0.2) is 0 Å². The maximum absolute atomic E-state index is 3.85. The first-order valence-electron chi connectivity index (χ1n) is 14.9. The maximum atomic E-state index is 3.85. The Labute approximate surface area is 245 Å². The van der Waals surface area contributed by atoms with Crippen LogP contribution in [-0.2, 0) is 17.3 Å². The van der Waals surface area contributed by atoms with Crippen LogP contribution in [0, 0.1) is 27.7 Å². The standard InChI is InChI=1S/C40H39N/c1-24-16-18-28(26(3)20-24)23-40(7)32-15-11-10-14-31(32)37-38(40)36-30-13-9-8-12-29(30)35(22-33(36)39(37,5)6)41-34-19-17-25(2)21-27(34)4/h8-22,41H,23H2,1-7H3. The molecule has 1 heteroatoms. The van der Waals surface area contributed by atoms with Crippen LogP contribution in [0.25, 0.3) is 21.9 Å². The fraction of sp³-hybridized carbons (Fsp3) is 0.250. The van der Waals surface area contributed by atoms with E-state index in [0.29, 0.717) is 0 Å². The van der Waals surface area contributed by atoms with Gasteiger partial charge in [-0.1, -0.05) is 111 Å². The first kappa shape index (κ1) is 25.8. The molecular formula is C40H39N. The lowest BCUT2D eigenvalue weighted by Gasteiger charge is -2.33. The molecule has 0 amide bonds. The van der Waals surface area contributed by atoms with Gasteiger partial charge in [-0.05, 0) is 102 Å². The van der Waals surface area contributed by atoms with Gasteiger partial charge in [0.15, 0.2) is 0 Å². The van der Waals surface area contributed by atoms with E-state index >= 15 is 0 Å². The first-order chi connectivity index (χ1) is 19.6. The number of nitrogens with one attached hydrogen (secondary N) is 1. The molecule has 1 atom stereocenters. The van der Waals surface area contributed by atoms with Crippen molar-refractivity contribution in [1.29, 1.82) is 0 Å². The molecule has 0 saturated carbocycles. The molecule has 7 rings (SSSR count). The third kappa shape index (κ3) is 3.75. The van der Waals surface area contributed by atoms with Gasteiger partial charge in [0, 0.05) is 27.6 Å². The molecule has 0 bridgehead atoms. The quantitative estimate of drug-likeness (QED) is 0.242. The van der Waals surface area contributed by atoms with E-state index in [1.54, 1.807) is 0 Å². The van der Waals surface area contributed by atoms with Gasteiger partial charge in [-0.15, -0.1) is 0 Å². The third-order valence-corrected chi connectivity index (χ3v) is 9.88. The van der Waals surface area contributed by atoms with Crippen LogP contribution in [0.4, 0.5) is 11.4 Å². The van der Waals surface area contributed by atoms with E-state index in [1.165, 1.54) is 83.4 Å². The molecule has 5 aromatic rings. The minimum atomic E-state index is -0.125. The molecule has 0 heterocycles. The summed E-state index contributed by atoms with van der Waals surface area (Å²) < 4.78 is 0. The summed E-state index contributed by atoms with van der Waals surface area (Å²) in [6.45, 7) is 16.2. The van der Waals surface area contributed by atoms with E-state index in [2.05, 4.69) is 145 Å². The van der Waals surface area contributed by atoms with Crippen LogP contribution in [0.1, 0.15) is 70.8 Å². The zero-order chi connectivity index (χ0) is 28.7. The molecule has 0 spiro atoms. The van der Waals surface area contributed by atoms with Gasteiger partial charge < -0.3 is 5.32 Å². The zero-order valence-corrected chi connectivity index (χ0v) is 25.4. The summed E-state index contributed by atoms with van der Waals surface area (Å²) in [4.78, 5) is 0. The number of benzene rings is 5. The van der Waals surface area contributed by atoms with E-state index in [1.807, 2.05) is 0 Å². The summed E-state index contributed by atoms with van der Waals surface area (Å²) in [5, 5.41) is 6.47. The monoisotopic (exact) mass is 533 g/mol. The lowest BCUT2D eigenvalue weighted by Crippen LogP contribution is -2.26. The number of hydrogen-bond acceptors (Lipinski definition) is 1. The normalized spacial score (nSPS) is 18.4. The Morgan fingerprint density at radius 1 is 0.585 bits per heavy atom. The second-order valence-electron chi connectivity index (χ2n) is 13.2. The first-order valence-corrected chi connectivity index (χ1v) is 14.9. The highest BCUT2D eigenvalue weighted by Crippen LogP contribution is 2.65. The summed E-state index contributed by atoms with van der Waals surface area (Å²) in [6.07, 6.45) is 0.987. The van der Waals surface area contributed by atoms with Crippen molar-refractivity contribution in [3.63, 3.8) is 0 Å². The fourth-order valence-electron chi connectivity index (χ4n) is 7.86. The van der Waals surface area contributed by atoms with Crippen LogP contribution in [0.3, 0.4) is 0 Å². The molecule has 5 aromatic carbocycles. The molecular weight excluding hydrogens is 494 g/mol. The topological polar surface area (TPSA) is 12.0 Å². The van der Waals surface area contributed by atoms with Gasteiger partial charge in [-0.2, -0.15) is 0 Å². The molecule has 0 saturated heterocycles. The summed E-state index contributed by atoms with van der Waals surface area (Å²) in [7, 11) is 0. The highest BCUT2D eigenvalue weighted by molar-refractivity contribution is 6.17. The predicted molar refractivity (Wildman–Crippen MR) is 176 cm³/mol. The SMILES string of the molecule is Cc1ccc(CC2(C)C3=C(c4ccccc42)C(C)(C)c2cc(Nc4ccc(C)cc4C)c4ccccc4c23)c(C)c1. The Hall–Kier alpha value is -4.10. The number of aryl methyl sites for hydroxylation is 4. The molecule has 0 aliphatic heterocycles. The molecule has 204 valence electrons. The molecule has 2 aliphatic carbocycles. The summed E-state index contributed by atoms with van der Waals surface area (Å²) in [5.41, 5.74) is 17.6.